The standard InChI is InChI=1S/C53H49N3P2/c1-43-38-39-53(56-58(49-31-14-5-15-32-49,50-33-16-6-17-34-50)51-35-18-7-19-36-51)45(41-43)42-54-40-22-24-44-23-20-21-37-52(44)55-57(46-25-8-2-9-26-46,47-27-10-3-11-28-47)48-29-12-4-13-30-48/h2-21,23,25-39,41,54H,22,24,40,42H2,1H3. The maximum absolute atomic E-state index is 5.87. The van der Waals surface area contributed by atoms with Crippen molar-refractivity contribution in [1.29, 1.82) is 0 Å². The summed E-state index contributed by atoms with van der Waals surface area (Å²) in [6.07, 6.45) is 1.90. The number of nitrogens with zero attached hydrogens (tertiary/aromatic N) is 2. The minimum atomic E-state index is -2.40. The fraction of sp³-hybridized carbons (Fsp3) is 0.0943. The van der Waals surface area contributed by atoms with Crippen LogP contribution in [0.4, 0.5) is 11.4 Å². The van der Waals surface area contributed by atoms with Crippen LogP contribution >= 0.6 is 14.1 Å². The highest BCUT2D eigenvalue weighted by atomic mass is 31.2. The van der Waals surface area contributed by atoms with E-state index in [9.17, 15) is 0 Å². The molecular formula is C53H49N3P2. The van der Waals surface area contributed by atoms with Crippen LogP contribution in [-0.2, 0) is 13.0 Å². The van der Waals surface area contributed by atoms with Gasteiger partial charge in [-0.15, -0.1) is 0 Å². The van der Waals surface area contributed by atoms with Crippen LogP contribution in [0.25, 0.3) is 0 Å². The van der Waals surface area contributed by atoms with Gasteiger partial charge in [-0.1, -0.05) is 218 Å². The van der Waals surface area contributed by atoms with Gasteiger partial charge < -0.3 is 5.32 Å². The van der Waals surface area contributed by atoms with Gasteiger partial charge in [0.15, 0.2) is 0 Å². The summed E-state index contributed by atoms with van der Waals surface area (Å²) in [5.74, 6) is 0. The summed E-state index contributed by atoms with van der Waals surface area (Å²) < 4.78 is 11.7. The Morgan fingerprint density at radius 1 is 0.379 bits per heavy atom. The van der Waals surface area contributed by atoms with E-state index in [1.807, 2.05) is 0 Å². The molecule has 8 aromatic rings. The van der Waals surface area contributed by atoms with Crippen LogP contribution in [0.3, 0.4) is 0 Å². The fourth-order valence-electron chi connectivity index (χ4n) is 7.83. The van der Waals surface area contributed by atoms with Crippen LogP contribution in [0.5, 0.6) is 0 Å². The minimum Gasteiger partial charge on any atom is -0.313 e. The molecule has 0 bridgehead atoms. The van der Waals surface area contributed by atoms with Gasteiger partial charge in [0, 0.05) is 38.4 Å². The van der Waals surface area contributed by atoms with Crippen LogP contribution in [0.2, 0.25) is 0 Å². The second-order valence-electron chi connectivity index (χ2n) is 14.5. The first-order valence-corrected chi connectivity index (χ1v) is 23.6. The van der Waals surface area contributed by atoms with Crippen LogP contribution in [-0.4, -0.2) is 6.54 Å². The summed E-state index contributed by atoms with van der Waals surface area (Å²) in [4.78, 5) is 0. The van der Waals surface area contributed by atoms with E-state index in [0.717, 1.165) is 37.3 Å². The maximum Gasteiger partial charge on any atom is 0.0670 e. The minimum absolute atomic E-state index is 0.732. The Labute approximate surface area is 344 Å². The molecule has 1 N–H and O–H groups in total. The zero-order valence-electron chi connectivity index (χ0n) is 33.0. The maximum atomic E-state index is 5.87. The van der Waals surface area contributed by atoms with Crippen LogP contribution in [0, 0.1) is 6.92 Å². The largest absolute Gasteiger partial charge is 0.313 e. The normalized spacial score (nSPS) is 11.5. The molecule has 8 aromatic carbocycles. The molecule has 0 atom stereocenters. The lowest BCUT2D eigenvalue weighted by Crippen LogP contribution is -2.25. The summed E-state index contributed by atoms with van der Waals surface area (Å²) >= 11 is 0. The Bertz CT molecular complexity index is 2440. The molecular weight excluding hydrogens is 741 g/mol. The number of benzene rings is 8. The van der Waals surface area contributed by atoms with Crippen LogP contribution < -0.4 is 37.1 Å². The van der Waals surface area contributed by atoms with E-state index in [1.54, 1.807) is 0 Å². The zero-order chi connectivity index (χ0) is 39.5. The predicted octanol–water partition coefficient (Wildman–Crippen LogP) is 11.3. The molecule has 0 amide bonds. The topological polar surface area (TPSA) is 36.8 Å². The molecule has 0 aliphatic carbocycles. The molecule has 5 heteroatoms. The lowest BCUT2D eigenvalue weighted by molar-refractivity contribution is 0.650. The van der Waals surface area contributed by atoms with E-state index in [2.05, 4.69) is 237 Å². The molecule has 0 aromatic heterocycles. The smallest absolute Gasteiger partial charge is 0.0670 e. The highest BCUT2D eigenvalue weighted by Crippen LogP contribution is 2.51. The molecule has 0 fully saturated rings. The summed E-state index contributed by atoms with van der Waals surface area (Å²) in [7, 11) is -4.78. The van der Waals surface area contributed by atoms with Gasteiger partial charge in [-0.2, -0.15) is 0 Å². The number of aryl methyl sites for hydroxylation is 2. The second-order valence-corrected chi connectivity index (χ2v) is 20.6. The Hall–Kier alpha value is -5.82. The van der Waals surface area contributed by atoms with Gasteiger partial charge in [0.2, 0.25) is 0 Å². The summed E-state index contributed by atoms with van der Waals surface area (Å²) in [6, 6.07) is 80.7. The van der Waals surface area contributed by atoms with E-state index in [1.165, 1.54) is 48.5 Å². The Balaban J connectivity index is 1.10. The molecule has 0 aliphatic rings. The van der Waals surface area contributed by atoms with Crippen molar-refractivity contribution in [3.05, 3.63) is 241 Å². The number of hydrogen-bond donors (Lipinski definition) is 1. The van der Waals surface area contributed by atoms with Crippen molar-refractivity contribution in [1.82, 2.24) is 5.32 Å². The average molecular weight is 790 g/mol. The molecule has 0 unspecified atom stereocenters. The molecule has 286 valence electrons. The second kappa shape index (κ2) is 18.6. The van der Waals surface area contributed by atoms with Gasteiger partial charge in [0.1, 0.15) is 0 Å². The first-order chi connectivity index (χ1) is 28.7. The Morgan fingerprint density at radius 2 is 0.724 bits per heavy atom. The summed E-state index contributed by atoms with van der Waals surface area (Å²) in [6.45, 7) is 3.77. The Morgan fingerprint density at radius 3 is 1.12 bits per heavy atom. The first kappa shape index (κ1) is 39.0. The van der Waals surface area contributed by atoms with Gasteiger partial charge in [-0.3, -0.25) is 9.49 Å². The zero-order valence-corrected chi connectivity index (χ0v) is 34.8. The van der Waals surface area contributed by atoms with E-state index in [0.29, 0.717) is 0 Å². The van der Waals surface area contributed by atoms with Crippen LogP contribution in [0.15, 0.2) is 234 Å². The number of rotatable bonds is 14. The number of hydrogen-bond acceptors (Lipinski definition) is 3. The first-order valence-electron chi connectivity index (χ1n) is 20.1. The molecule has 0 radical (unpaired) electrons. The predicted molar refractivity (Wildman–Crippen MR) is 252 cm³/mol. The van der Waals surface area contributed by atoms with E-state index < -0.39 is 14.1 Å². The van der Waals surface area contributed by atoms with Crippen molar-refractivity contribution < 1.29 is 0 Å². The van der Waals surface area contributed by atoms with E-state index in [4.69, 9.17) is 9.49 Å². The van der Waals surface area contributed by atoms with Crippen molar-refractivity contribution in [2.24, 2.45) is 9.49 Å². The van der Waals surface area contributed by atoms with E-state index >= 15 is 0 Å². The van der Waals surface area contributed by atoms with Gasteiger partial charge in [0.25, 0.3) is 0 Å². The van der Waals surface area contributed by atoms with Gasteiger partial charge in [0.05, 0.1) is 25.5 Å². The third-order valence-electron chi connectivity index (χ3n) is 10.6. The van der Waals surface area contributed by atoms with Crippen molar-refractivity contribution >= 4 is 57.3 Å². The van der Waals surface area contributed by atoms with Crippen molar-refractivity contribution in [3.63, 3.8) is 0 Å². The monoisotopic (exact) mass is 789 g/mol. The van der Waals surface area contributed by atoms with Crippen LogP contribution in [0.1, 0.15) is 23.1 Å². The molecule has 0 aliphatic heterocycles. The lowest BCUT2D eigenvalue weighted by atomic mass is 10.1. The average Bonchev–Trinajstić information content (AvgIpc) is 3.30. The molecule has 0 saturated carbocycles. The molecule has 58 heavy (non-hydrogen) atoms. The SMILES string of the molecule is Cc1ccc(N=P(c2ccccc2)(c2ccccc2)c2ccccc2)c(CNCCCc2ccccc2N=P(c2ccccc2)(c2ccccc2)c2ccccc2)c1. The summed E-state index contributed by atoms with van der Waals surface area (Å²) in [5.41, 5.74) is 5.82. The van der Waals surface area contributed by atoms with Gasteiger partial charge in [-0.25, -0.2) is 0 Å². The highest BCUT2D eigenvalue weighted by molar-refractivity contribution is 7.88. The third-order valence-corrected chi connectivity index (χ3v) is 17.9. The molecule has 0 spiro atoms. The lowest BCUT2D eigenvalue weighted by Gasteiger charge is -2.27. The molecule has 0 heterocycles. The van der Waals surface area contributed by atoms with E-state index in [-0.39, 0.29) is 0 Å². The fourth-order valence-corrected chi connectivity index (χ4v) is 15.0. The quantitative estimate of drug-likeness (QED) is 0.0865. The Kier molecular flexibility index (Phi) is 12.5. The third kappa shape index (κ3) is 8.40. The highest BCUT2D eigenvalue weighted by Gasteiger charge is 2.29. The van der Waals surface area contributed by atoms with Crippen molar-refractivity contribution in [2.75, 3.05) is 6.54 Å². The molecule has 3 nitrogen and oxygen atoms in total. The molecule has 8 rings (SSSR count). The number of nitrogens with one attached hydrogen (secondary N) is 1. The van der Waals surface area contributed by atoms with Crippen molar-refractivity contribution in [2.45, 2.75) is 26.3 Å². The van der Waals surface area contributed by atoms with Gasteiger partial charge in [-0.05, 0) is 49.6 Å². The summed E-state index contributed by atoms with van der Waals surface area (Å²) in [5, 5.41) is 11.3. The van der Waals surface area contributed by atoms with Gasteiger partial charge >= 0.3 is 0 Å². The molecule has 0 saturated heterocycles. The van der Waals surface area contributed by atoms with Crippen molar-refractivity contribution in [3.8, 4) is 0 Å².